The van der Waals surface area contributed by atoms with E-state index in [9.17, 15) is 9.90 Å². The van der Waals surface area contributed by atoms with E-state index in [0.717, 1.165) is 11.3 Å². The SMILES string of the molecule is Cc1cccc(-n2nnc3cccc(C(=O)O)c32)c1. The van der Waals surface area contributed by atoms with E-state index in [1.807, 2.05) is 31.2 Å². The Labute approximate surface area is 109 Å². The van der Waals surface area contributed by atoms with Crippen LogP contribution in [0, 0.1) is 6.92 Å². The van der Waals surface area contributed by atoms with Crippen LogP contribution >= 0.6 is 0 Å². The number of hydrogen-bond donors (Lipinski definition) is 1. The summed E-state index contributed by atoms with van der Waals surface area (Å²) in [4.78, 5) is 11.3. The molecule has 0 fully saturated rings. The Balaban J connectivity index is 2.33. The van der Waals surface area contributed by atoms with Crippen LogP contribution in [0.2, 0.25) is 0 Å². The van der Waals surface area contributed by atoms with Gasteiger partial charge in [-0.15, -0.1) is 5.10 Å². The molecule has 0 saturated carbocycles. The summed E-state index contributed by atoms with van der Waals surface area (Å²) < 4.78 is 1.56. The van der Waals surface area contributed by atoms with Crippen LogP contribution < -0.4 is 0 Å². The monoisotopic (exact) mass is 253 g/mol. The molecule has 1 heterocycles. The molecule has 1 N–H and O–H groups in total. The van der Waals surface area contributed by atoms with Crippen LogP contribution in [0.5, 0.6) is 0 Å². The zero-order valence-corrected chi connectivity index (χ0v) is 10.2. The van der Waals surface area contributed by atoms with Crippen LogP contribution in [0.3, 0.4) is 0 Å². The van der Waals surface area contributed by atoms with E-state index < -0.39 is 5.97 Å². The number of aromatic nitrogens is 3. The molecule has 94 valence electrons. The molecule has 19 heavy (non-hydrogen) atoms. The van der Waals surface area contributed by atoms with E-state index in [0.29, 0.717) is 11.0 Å². The lowest BCUT2D eigenvalue weighted by Crippen LogP contribution is -2.03. The molecule has 0 bridgehead atoms. The highest BCUT2D eigenvalue weighted by molar-refractivity contribution is 6.01. The summed E-state index contributed by atoms with van der Waals surface area (Å²) in [6, 6.07) is 12.7. The molecule has 0 atom stereocenters. The zero-order chi connectivity index (χ0) is 13.4. The molecule has 0 saturated heterocycles. The van der Waals surface area contributed by atoms with Crippen LogP contribution in [0.25, 0.3) is 16.7 Å². The molecule has 0 aliphatic carbocycles. The predicted octanol–water partition coefficient (Wildman–Crippen LogP) is 2.43. The summed E-state index contributed by atoms with van der Waals surface area (Å²) >= 11 is 0. The van der Waals surface area contributed by atoms with Gasteiger partial charge in [0.15, 0.2) is 0 Å². The molecule has 0 spiro atoms. The maximum Gasteiger partial charge on any atom is 0.337 e. The molecule has 0 radical (unpaired) electrons. The topological polar surface area (TPSA) is 68.0 Å². The van der Waals surface area contributed by atoms with E-state index in [4.69, 9.17) is 0 Å². The summed E-state index contributed by atoms with van der Waals surface area (Å²) in [5, 5.41) is 17.3. The van der Waals surface area contributed by atoms with Gasteiger partial charge in [0.1, 0.15) is 11.0 Å². The van der Waals surface area contributed by atoms with Gasteiger partial charge in [-0.3, -0.25) is 0 Å². The Morgan fingerprint density at radius 2 is 2.00 bits per heavy atom. The fraction of sp³-hybridized carbons (Fsp3) is 0.0714. The molecular weight excluding hydrogens is 242 g/mol. The van der Waals surface area contributed by atoms with Crippen LogP contribution in [-0.2, 0) is 0 Å². The Morgan fingerprint density at radius 3 is 2.74 bits per heavy atom. The van der Waals surface area contributed by atoms with Crippen LogP contribution in [-0.4, -0.2) is 26.1 Å². The van der Waals surface area contributed by atoms with Gasteiger partial charge in [-0.25, -0.2) is 9.48 Å². The predicted molar refractivity (Wildman–Crippen MR) is 70.6 cm³/mol. The molecule has 0 aliphatic heterocycles. The lowest BCUT2D eigenvalue weighted by Gasteiger charge is -2.05. The summed E-state index contributed by atoms with van der Waals surface area (Å²) in [5.41, 5.74) is 3.16. The van der Waals surface area contributed by atoms with Crippen LogP contribution in [0.15, 0.2) is 42.5 Å². The number of carbonyl (C=O) groups is 1. The highest BCUT2D eigenvalue weighted by atomic mass is 16.4. The number of hydrogen-bond acceptors (Lipinski definition) is 3. The third-order valence-corrected chi connectivity index (χ3v) is 2.95. The number of carboxylic acids is 1. The highest BCUT2D eigenvalue weighted by Gasteiger charge is 2.15. The molecule has 3 aromatic rings. The molecule has 1 aromatic heterocycles. The minimum absolute atomic E-state index is 0.198. The second-order valence-corrected chi connectivity index (χ2v) is 4.32. The number of fused-ring (bicyclic) bond motifs is 1. The number of carboxylic acid groups (broad SMARTS) is 1. The number of rotatable bonds is 2. The average molecular weight is 253 g/mol. The van der Waals surface area contributed by atoms with Crippen molar-refractivity contribution in [1.82, 2.24) is 15.0 Å². The fourth-order valence-electron chi connectivity index (χ4n) is 2.09. The second kappa shape index (κ2) is 4.20. The molecular formula is C14H11N3O2. The first kappa shape index (κ1) is 11.4. The minimum atomic E-state index is -0.984. The van der Waals surface area contributed by atoms with Gasteiger partial charge in [-0.05, 0) is 36.8 Å². The molecule has 5 heteroatoms. The molecule has 2 aromatic carbocycles. The van der Waals surface area contributed by atoms with Crippen molar-refractivity contribution >= 4 is 17.0 Å². The summed E-state index contributed by atoms with van der Waals surface area (Å²) in [7, 11) is 0. The van der Waals surface area contributed by atoms with Crippen molar-refractivity contribution in [2.75, 3.05) is 0 Å². The summed E-state index contributed by atoms with van der Waals surface area (Å²) in [5.74, 6) is -0.984. The van der Waals surface area contributed by atoms with E-state index >= 15 is 0 Å². The number of benzene rings is 2. The molecule has 0 aliphatic rings. The van der Waals surface area contributed by atoms with Gasteiger partial charge in [0.05, 0.1) is 11.3 Å². The van der Waals surface area contributed by atoms with Crippen molar-refractivity contribution in [3.05, 3.63) is 53.6 Å². The van der Waals surface area contributed by atoms with Gasteiger partial charge in [0.25, 0.3) is 0 Å². The van der Waals surface area contributed by atoms with Crippen LogP contribution in [0.4, 0.5) is 0 Å². The standard InChI is InChI=1S/C14H11N3O2/c1-9-4-2-5-10(8-9)17-13-11(14(18)19)6-3-7-12(13)15-16-17/h2-8H,1H3,(H,18,19). The van der Waals surface area contributed by atoms with Crippen molar-refractivity contribution in [2.24, 2.45) is 0 Å². The van der Waals surface area contributed by atoms with Gasteiger partial charge < -0.3 is 5.11 Å². The Kier molecular flexibility index (Phi) is 2.52. The quantitative estimate of drug-likeness (QED) is 0.761. The Bertz CT molecular complexity index is 777. The van der Waals surface area contributed by atoms with Gasteiger partial charge in [-0.2, -0.15) is 0 Å². The van der Waals surface area contributed by atoms with Gasteiger partial charge in [-0.1, -0.05) is 23.4 Å². The Hall–Kier alpha value is -2.69. The van der Waals surface area contributed by atoms with Crippen molar-refractivity contribution < 1.29 is 9.90 Å². The lowest BCUT2D eigenvalue weighted by molar-refractivity contribution is 0.0698. The number of aryl methyl sites for hydroxylation is 1. The molecule has 3 rings (SSSR count). The smallest absolute Gasteiger partial charge is 0.337 e. The van der Waals surface area contributed by atoms with Gasteiger partial charge >= 0.3 is 5.97 Å². The first-order valence-corrected chi connectivity index (χ1v) is 5.81. The number of aromatic carboxylic acids is 1. The van der Waals surface area contributed by atoms with Crippen molar-refractivity contribution in [1.29, 1.82) is 0 Å². The summed E-state index contributed by atoms with van der Waals surface area (Å²) in [6.45, 7) is 1.97. The molecule has 0 unspecified atom stereocenters. The van der Waals surface area contributed by atoms with Crippen molar-refractivity contribution in [3.8, 4) is 5.69 Å². The third kappa shape index (κ3) is 1.85. The lowest BCUT2D eigenvalue weighted by atomic mass is 10.1. The zero-order valence-electron chi connectivity index (χ0n) is 10.2. The largest absolute Gasteiger partial charge is 0.478 e. The maximum atomic E-state index is 11.3. The van der Waals surface area contributed by atoms with Crippen LogP contribution in [0.1, 0.15) is 15.9 Å². The number of nitrogens with zero attached hydrogens (tertiary/aromatic N) is 3. The third-order valence-electron chi connectivity index (χ3n) is 2.95. The van der Waals surface area contributed by atoms with E-state index in [-0.39, 0.29) is 5.56 Å². The molecule has 5 nitrogen and oxygen atoms in total. The van der Waals surface area contributed by atoms with Crippen molar-refractivity contribution in [3.63, 3.8) is 0 Å². The average Bonchev–Trinajstić information content (AvgIpc) is 2.82. The summed E-state index contributed by atoms with van der Waals surface area (Å²) in [6.07, 6.45) is 0. The highest BCUT2D eigenvalue weighted by Crippen LogP contribution is 2.20. The van der Waals surface area contributed by atoms with Crippen molar-refractivity contribution in [2.45, 2.75) is 6.92 Å². The first-order chi connectivity index (χ1) is 9.16. The maximum absolute atomic E-state index is 11.3. The van der Waals surface area contributed by atoms with E-state index in [1.54, 1.807) is 22.9 Å². The second-order valence-electron chi connectivity index (χ2n) is 4.32. The van der Waals surface area contributed by atoms with Gasteiger partial charge in [0, 0.05) is 0 Å². The van der Waals surface area contributed by atoms with E-state index in [2.05, 4.69) is 10.3 Å². The van der Waals surface area contributed by atoms with E-state index in [1.165, 1.54) is 0 Å². The molecule has 0 amide bonds. The van der Waals surface area contributed by atoms with Gasteiger partial charge in [0.2, 0.25) is 0 Å². The normalized spacial score (nSPS) is 10.8. The fourth-order valence-corrected chi connectivity index (χ4v) is 2.09. The first-order valence-electron chi connectivity index (χ1n) is 5.81. The minimum Gasteiger partial charge on any atom is -0.478 e. The number of para-hydroxylation sites is 1. The Morgan fingerprint density at radius 1 is 1.21 bits per heavy atom.